The molecule has 1 aromatic rings. The quantitative estimate of drug-likeness (QED) is 0.803. The Morgan fingerprint density at radius 3 is 2.58 bits per heavy atom. The lowest BCUT2D eigenvalue weighted by molar-refractivity contribution is -0.139. The molecule has 3 aliphatic rings. The first kappa shape index (κ1) is 18.0. The highest BCUT2D eigenvalue weighted by Crippen LogP contribution is 2.32. The molecular weight excluding hydrogens is 326 g/mol. The summed E-state index contributed by atoms with van der Waals surface area (Å²) in [5.41, 5.74) is 1.15. The van der Waals surface area contributed by atoms with E-state index in [1.165, 1.54) is 32.5 Å². The molecule has 0 aromatic carbocycles. The van der Waals surface area contributed by atoms with E-state index in [0.29, 0.717) is 18.0 Å². The summed E-state index contributed by atoms with van der Waals surface area (Å²) in [6, 6.07) is 1.14. The fourth-order valence-electron chi connectivity index (χ4n) is 4.66. The van der Waals surface area contributed by atoms with Gasteiger partial charge in [-0.1, -0.05) is 0 Å². The van der Waals surface area contributed by atoms with E-state index in [1.807, 2.05) is 24.1 Å². The van der Waals surface area contributed by atoms with Gasteiger partial charge in [0.25, 0.3) is 0 Å². The van der Waals surface area contributed by atoms with Crippen LogP contribution in [0.4, 0.5) is 0 Å². The number of nitrogens with zero attached hydrogens (tertiary/aromatic N) is 5. The predicted octanol–water partition coefficient (Wildman–Crippen LogP) is 1.72. The summed E-state index contributed by atoms with van der Waals surface area (Å²) in [6.45, 7) is 5.24. The van der Waals surface area contributed by atoms with Crippen LogP contribution in [0.15, 0.2) is 12.4 Å². The lowest BCUT2D eigenvalue weighted by Crippen LogP contribution is -2.51. The number of aromatic nitrogens is 2. The third kappa shape index (κ3) is 4.12. The van der Waals surface area contributed by atoms with Gasteiger partial charge >= 0.3 is 0 Å². The number of carbonyl (C=O) groups excluding carboxylic acids is 1. The van der Waals surface area contributed by atoms with E-state index in [0.717, 1.165) is 44.3 Å². The largest absolute Gasteiger partial charge is 0.335 e. The monoisotopic (exact) mass is 359 g/mol. The lowest BCUT2D eigenvalue weighted by Gasteiger charge is -2.42. The smallest absolute Gasteiger partial charge is 0.227 e. The molecule has 1 aromatic heterocycles. The van der Waals surface area contributed by atoms with Crippen molar-refractivity contribution in [2.75, 3.05) is 33.2 Å². The van der Waals surface area contributed by atoms with Crippen molar-refractivity contribution in [3.8, 4) is 0 Å². The first-order valence-electron chi connectivity index (χ1n) is 10.3. The van der Waals surface area contributed by atoms with Crippen LogP contribution in [0.2, 0.25) is 0 Å². The Bertz CT molecular complexity index is 617. The number of amides is 1. The van der Waals surface area contributed by atoms with Gasteiger partial charge in [0.1, 0.15) is 0 Å². The van der Waals surface area contributed by atoms with Gasteiger partial charge in [0.15, 0.2) is 0 Å². The fraction of sp³-hybridized carbons (Fsp3) is 0.800. The Balaban J connectivity index is 1.39. The summed E-state index contributed by atoms with van der Waals surface area (Å²) in [5, 5.41) is 4.27. The van der Waals surface area contributed by atoms with Gasteiger partial charge in [0.05, 0.1) is 12.1 Å². The average molecular weight is 360 g/mol. The summed E-state index contributed by atoms with van der Waals surface area (Å²) >= 11 is 0. The van der Waals surface area contributed by atoms with Gasteiger partial charge < -0.3 is 9.80 Å². The second kappa shape index (κ2) is 7.69. The standard InChI is InChI=1S/C20H33N5O/c1-22-10-7-18(8-11-22)24-9-3-4-17(15-24)20(26)25(19-5-6-19)14-16-12-21-23(2)13-16/h12-13,17-19H,3-11,14-15H2,1-2H3/t17-/m0/s1. The maximum atomic E-state index is 13.3. The van der Waals surface area contributed by atoms with Gasteiger partial charge in [-0.05, 0) is 65.2 Å². The van der Waals surface area contributed by atoms with Crippen LogP contribution in [-0.2, 0) is 18.4 Å². The number of rotatable bonds is 5. The van der Waals surface area contributed by atoms with E-state index in [2.05, 4.69) is 26.8 Å². The molecule has 3 heterocycles. The Morgan fingerprint density at radius 1 is 1.15 bits per heavy atom. The second-order valence-corrected chi connectivity index (χ2v) is 8.59. The van der Waals surface area contributed by atoms with Crippen molar-refractivity contribution in [3.05, 3.63) is 18.0 Å². The molecule has 4 rings (SSSR count). The maximum absolute atomic E-state index is 13.3. The van der Waals surface area contributed by atoms with Crippen LogP contribution in [-0.4, -0.2) is 75.7 Å². The Hall–Kier alpha value is -1.40. The Morgan fingerprint density at radius 2 is 1.92 bits per heavy atom. The summed E-state index contributed by atoms with van der Waals surface area (Å²) in [7, 11) is 4.15. The maximum Gasteiger partial charge on any atom is 0.227 e. The zero-order valence-electron chi connectivity index (χ0n) is 16.3. The number of hydrogen-bond acceptors (Lipinski definition) is 4. The minimum Gasteiger partial charge on any atom is -0.335 e. The molecule has 6 nitrogen and oxygen atoms in total. The zero-order chi connectivity index (χ0) is 18.1. The second-order valence-electron chi connectivity index (χ2n) is 8.59. The highest BCUT2D eigenvalue weighted by atomic mass is 16.2. The van der Waals surface area contributed by atoms with Crippen LogP contribution in [0.1, 0.15) is 44.1 Å². The third-order valence-electron chi connectivity index (χ3n) is 6.39. The lowest BCUT2D eigenvalue weighted by atomic mass is 9.92. The van der Waals surface area contributed by atoms with E-state index in [1.54, 1.807) is 0 Å². The zero-order valence-corrected chi connectivity index (χ0v) is 16.3. The van der Waals surface area contributed by atoms with E-state index in [9.17, 15) is 4.79 Å². The number of likely N-dealkylation sites (tertiary alicyclic amines) is 2. The molecule has 0 spiro atoms. The number of hydrogen-bond donors (Lipinski definition) is 0. The van der Waals surface area contributed by atoms with Crippen LogP contribution in [0.25, 0.3) is 0 Å². The van der Waals surface area contributed by atoms with Crippen LogP contribution in [0.5, 0.6) is 0 Å². The Labute approximate surface area is 157 Å². The van der Waals surface area contributed by atoms with Gasteiger partial charge in [0.2, 0.25) is 5.91 Å². The van der Waals surface area contributed by atoms with Crippen molar-refractivity contribution in [1.29, 1.82) is 0 Å². The highest BCUT2D eigenvalue weighted by molar-refractivity contribution is 5.79. The molecular formula is C20H33N5O. The Kier molecular flexibility index (Phi) is 5.32. The SMILES string of the molecule is CN1CCC(N2CCC[C@H](C(=O)N(Cc3cnn(C)c3)C3CC3)C2)CC1. The molecule has 0 radical (unpaired) electrons. The molecule has 0 bridgehead atoms. The number of carbonyl (C=O) groups is 1. The molecule has 1 amide bonds. The first-order valence-corrected chi connectivity index (χ1v) is 10.3. The van der Waals surface area contributed by atoms with Gasteiger partial charge in [-0.25, -0.2) is 0 Å². The molecule has 1 aliphatic carbocycles. The van der Waals surface area contributed by atoms with Gasteiger partial charge in [0, 0.05) is 44.0 Å². The summed E-state index contributed by atoms with van der Waals surface area (Å²) in [6.07, 6.45) is 11.0. The van der Waals surface area contributed by atoms with Crippen LogP contribution < -0.4 is 0 Å². The van der Waals surface area contributed by atoms with E-state index in [-0.39, 0.29) is 5.92 Å². The molecule has 26 heavy (non-hydrogen) atoms. The van der Waals surface area contributed by atoms with Gasteiger partial charge in [-0.15, -0.1) is 0 Å². The molecule has 2 aliphatic heterocycles. The average Bonchev–Trinajstić information content (AvgIpc) is 3.42. The number of aryl methyl sites for hydroxylation is 1. The fourth-order valence-corrected chi connectivity index (χ4v) is 4.66. The summed E-state index contributed by atoms with van der Waals surface area (Å²) < 4.78 is 1.83. The van der Waals surface area contributed by atoms with E-state index in [4.69, 9.17) is 0 Å². The van der Waals surface area contributed by atoms with Crippen molar-refractivity contribution >= 4 is 5.91 Å². The van der Waals surface area contributed by atoms with Crippen molar-refractivity contribution in [2.24, 2.45) is 13.0 Å². The topological polar surface area (TPSA) is 44.6 Å². The third-order valence-corrected chi connectivity index (χ3v) is 6.39. The van der Waals surface area contributed by atoms with Crippen LogP contribution >= 0.6 is 0 Å². The molecule has 0 N–H and O–H groups in total. The van der Waals surface area contributed by atoms with Gasteiger partial charge in [-0.3, -0.25) is 14.4 Å². The minimum absolute atomic E-state index is 0.181. The summed E-state index contributed by atoms with van der Waals surface area (Å²) in [5.74, 6) is 0.564. The normalized spacial score (nSPS) is 26.2. The number of piperidine rings is 2. The molecule has 6 heteroatoms. The van der Waals surface area contributed by atoms with Crippen molar-refractivity contribution in [1.82, 2.24) is 24.5 Å². The van der Waals surface area contributed by atoms with Gasteiger partial charge in [-0.2, -0.15) is 5.10 Å². The van der Waals surface area contributed by atoms with Crippen molar-refractivity contribution in [3.63, 3.8) is 0 Å². The van der Waals surface area contributed by atoms with E-state index < -0.39 is 0 Å². The van der Waals surface area contributed by atoms with E-state index >= 15 is 0 Å². The predicted molar refractivity (Wildman–Crippen MR) is 102 cm³/mol. The highest BCUT2D eigenvalue weighted by Gasteiger charge is 2.38. The molecule has 1 atom stereocenters. The molecule has 0 unspecified atom stereocenters. The molecule has 1 saturated carbocycles. The van der Waals surface area contributed by atoms with Crippen LogP contribution in [0.3, 0.4) is 0 Å². The first-order chi connectivity index (χ1) is 12.6. The molecule has 3 fully saturated rings. The molecule has 2 saturated heterocycles. The van der Waals surface area contributed by atoms with Crippen molar-refractivity contribution < 1.29 is 4.79 Å². The van der Waals surface area contributed by atoms with Crippen LogP contribution in [0, 0.1) is 5.92 Å². The van der Waals surface area contributed by atoms with Crippen molar-refractivity contribution in [2.45, 2.75) is 57.2 Å². The minimum atomic E-state index is 0.181. The summed E-state index contributed by atoms with van der Waals surface area (Å²) in [4.78, 5) is 20.5. The molecule has 144 valence electrons.